The first-order valence-corrected chi connectivity index (χ1v) is 11.4. The van der Waals surface area contributed by atoms with E-state index < -0.39 is 0 Å². The molecule has 0 aromatic heterocycles. The van der Waals surface area contributed by atoms with E-state index in [9.17, 15) is 4.79 Å². The molecule has 0 spiro atoms. The second kappa shape index (κ2) is 13.9. The molecule has 0 bridgehead atoms. The van der Waals surface area contributed by atoms with Crippen molar-refractivity contribution < 1.29 is 4.79 Å². The van der Waals surface area contributed by atoms with Gasteiger partial charge < -0.3 is 20.4 Å². The lowest BCUT2D eigenvalue weighted by molar-refractivity contribution is -0.127. The summed E-state index contributed by atoms with van der Waals surface area (Å²) in [6.07, 6.45) is 1.54. The molecule has 0 saturated carbocycles. The number of piperazine rings is 1. The van der Waals surface area contributed by atoms with Crippen LogP contribution in [0.4, 0.5) is 0 Å². The van der Waals surface area contributed by atoms with Crippen LogP contribution in [0, 0.1) is 5.92 Å². The van der Waals surface area contributed by atoms with Gasteiger partial charge in [0, 0.05) is 78.3 Å². The lowest BCUT2D eigenvalue weighted by Gasteiger charge is -2.34. The zero-order valence-corrected chi connectivity index (χ0v) is 21.4. The number of likely N-dealkylation sites (tertiary alicyclic amines) is 1. The number of aliphatic imine (C=N–C) groups is 1. The number of carbonyl (C=O) groups is 1. The van der Waals surface area contributed by atoms with E-state index in [4.69, 9.17) is 0 Å². The molecular formula is C23H39IN6O. The Morgan fingerprint density at radius 2 is 1.77 bits per heavy atom. The van der Waals surface area contributed by atoms with Gasteiger partial charge in [-0.2, -0.15) is 0 Å². The molecule has 0 aliphatic carbocycles. The maximum atomic E-state index is 12.4. The van der Waals surface area contributed by atoms with Gasteiger partial charge in [0.05, 0.1) is 0 Å². The molecule has 2 fully saturated rings. The number of amides is 1. The summed E-state index contributed by atoms with van der Waals surface area (Å²) in [5, 5.41) is 6.83. The standard InChI is InChI=1S/C23H38N6O.HI/c1-3-27-13-15-28(16-14-27)12-10-25-23(24-2)26-18-21-17-22(30)29(19-21)11-9-20-7-5-4-6-8-20;/h4-8,21H,3,9-19H2,1-2H3,(H2,24,25,26);1H. The molecule has 1 aromatic carbocycles. The second-order valence-electron chi connectivity index (χ2n) is 8.30. The van der Waals surface area contributed by atoms with E-state index in [1.54, 1.807) is 7.05 Å². The molecule has 2 saturated heterocycles. The van der Waals surface area contributed by atoms with Crippen LogP contribution in [0.1, 0.15) is 18.9 Å². The Kier molecular flexibility index (Phi) is 11.6. The van der Waals surface area contributed by atoms with Crippen LogP contribution in [0.2, 0.25) is 0 Å². The van der Waals surface area contributed by atoms with Gasteiger partial charge in [-0.15, -0.1) is 24.0 Å². The number of hydrogen-bond acceptors (Lipinski definition) is 4. The van der Waals surface area contributed by atoms with Crippen LogP contribution in [-0.4, -0.2) is 99.1 Å². The Morgan fingerprint density at radius 3 is 2.45 bits per heavy atom. The number of nitrogens with zero attached hydrogens (tertiary/aromatic N) is 4. The fraction of sp³-hybridized carbons (Fsp3) is 0.652. The minimum atomic E-state index is 0. The average Bonchev–Trinajstić information content (AvgIpc) is 3.15. The van der Waals surface area contributed by atoms with Crippen LogP contribution in [-0.2, 0) is 11.2 Å². The first-order chi connectivity index (χ1) is 14.7. The van der Waals surface area contributed by atoms with Crippen molar-refractivity contribution in [2.24, 2.45) is 10.9 Å². The van der Waals surface area contributed by atoms with Gasteiger partial charge in [-0.05, 0) is 18.5 Å². The highest BCUT2D eigenvalue weighted by Crippen LogP contribution is 2.17. The molecule has 0 radical (unpaired) electrons. The number of nitrogens with one attached hydrogen (secondary N) is 2. The van der Waals surface area contributed by atoms with Crippen molar-refractivity contribution in [1.29, 1.82) is 0 Å². The maximum absolute atomic E-state index is 12.4. The van der Waals surface area contributed by atoms with Crippen molar-refractivity contribution in [3.8, 4) is 0 Å². The normalized spacial score (nSPS) is 20.6. The predicted molar refractivity (Wildman–Crippen MR) is 138 cm³/mol. The third-order valence-corrected chi connectivity index (χ3v) is 6.22. The molecule has 3 rings (SSSR count). The molecule has 1 amide bonds. The number of carbonyl (C=O) groups excluding carboxylic acids is 1. The van der Waals surface area contributed by atoms with Crippen molar-refractivity contribution in [1.82, 2.24) is 25.3 Å². The van der Waals surface area contributed by atoms with Gasteiger partial charge in [0.15, 0.2) is 5.96 Å². The molecule has 8 heteroatoms. The highest BCUT2D eigenvalue weighted by molar-refractivity contribution is 14.0. The van der Waals surface area contributed by atoms with Gasteiger partial charge in [0.2, 0.25) is 5.91 Å². The third-order valence-electron chi connectivity index (χ3n) is 6.22. The summed E-state index contributed by atoms with van der Waals surface area (Å²) in [4.78, 5) is 23.7. The molecule has 2 heterocycles. The van der Waals surface area contributed by atoms with E-state index in [0.29, 0.717) is 12.3 Å². The fourth-order valence-corrected chi connectivity index (χ4v) is 4.24. The smallest absolute Gasteiger partial charge is 0.223 e. The summed E-state index contributed by atoms with van der Waals surface area (Å²) in [6.45, 7) is 12.3. The van der Waals surface area contributed by atoms with E-state index in [1.807, 2.05) is 11.0 Å². The molecule has 1 aromatic rings. The van der Waals surface area contributed by atoms with Crippen molar-refractivity contribution in [3.05, 3.63) is 35.9 Å². The van der Waals surface area contributed by atoms with Crippen molar-refractivity contribution in [2.75, 3.05) is 72.5 Å². The fourth-order valence-electron chi connectivity index (χ4n) is 4.24. The minimum absolute atomic E-state index is 0. The van der Waals surface area contributed by atoms with Crippen LogP contribution < -0.4 is 10.6 Å². The zero-order chi connectivity index (χ0) is 21.2. The number of hydrogen-bond donors (Lipinski definition) is 2. The van der Waals surface area contributed by atoms with Gasteiger partial charge >= 0.3 is 0 Å². The Hall–Kier alpha value is -1.39. The van der Waals surface area contributed by atoms with Crippen LogP contribution >= 0.6 is 24.0 Å². The Bertz CT molecular complexity index is 678. The number of halogens is 1. The molecule has 2 aliphatic rings. The minimum Gasteiger partial charge on any atom is -0.356 e. The first kappa shape index (κ1) is 25.9. The van der Waals surface area contributed by atoms with Crippen LogP contribution in [0.5, 0.6) is 0 Å². The van der Waals surface area contributed by atoms with Crippen molar-refractivity contribution in [2.45, 2.75) is 19.8 Å². The zero-order valence-electron chi connectivity index (χ0n) is 19.1. The maximum Gasteiger partial charge on any atom is 0.223 e. The van der Waals surface area contributed by atoms with E-state index >= 15 is 0 Å². The van der Waals surface area contributed by atoms with Crippen LogP contribution in [0.3, 0.4) is 0 Å². The number of guanidine groups is 1. The Morgan fingerprint density at radius 1 is 1.06 bits per heavy atom. The van der Waals surface area contributed by atoms with Gasteiger partial charge in [-0.3, -0.25) is 14.7 Å². The summed E-state index contributed by atoms with van der Waals surface area (Å²) >= 11 is 0. The summed E-state index contributed by atoms with van der Waals surface area (Å²) in [6, 6.07) is 10.4. The average molecular weight is 543 g/mol. The highest BCUT2D eigenvalue weighted by Gasteiger charge is 2.29. The lowest BCUT2D eigenvalue weighted by atomic mass is 10.1. The van der Waals surface area contributed by atoms with E-state index in [2.05, 4.69) is 56.6 Å². The van der Waals surface area contributed by atoms with Gasteiger partial charge in [0.1, 0.15) is 0 Å². The largest absolute Gasteiger partial charge is 0.356 e. The van der Waals surface area contributed by atoms with E-state index in [1.165, 1.54) is 18.7 Å². The molecule has 7 nitrogen and oxygen atoms in total. The van der Waals surface area contributed by atoms with E-state index in [0.717, 1.165) is 64.7 Å². The van der Waals surface area contributed by atoms with Crippen molar-refractivity contribution >= 4 is 35.8 Å². The molecule has 2 N–H and O–H groups in total. The van der Waals surface area contributed by atoms with Gasteiger partial charge in [-0.1, -0.05) is 37.3 Å². The van der Waals surface area contributed by atoms with Gasteiger partial charge in [0.25, 0.3) is 0 Å². The Balaban J connectivity index is 0.00000341. The quantitative estimate of drug-likeness (QED) is 0.282. The molecular weight excluding hydrogens is 503 g/mol. The van der Waals surface area contributed by atoms with E-state index in [-0.39, 0.29) is 29.9 Å². The molecule has 2 aliphatic heterocycles. The number of rotatable bonds is 9. The highest BCUT2D eigenvalue weighted by atomic mass is 127. The first-order valence-electron chi connectivity index (χ1n) is 11.4. The van der Waals surface area contributed by atoms with Crippen LogP contribution in [0.25, 0.3) is 0 Å². The summed E-state index contributed by atoms with van der Waals surface area (Å²) in [7, 11) is 1.81. The summed E-state index contributed by atoms with van der Waals surface area (Å²) in [5.74, 6) is 1.44. The number of benzene rings is 1. The third kappa shape index (κ3) is 8.57. The summed E-state index contributed by atoms with van der Waals surface area (Å²) < 4.78 is 0. The van der Waals surface area contributed by atoms with Crippen molar-refractivity contribution in [3.63, 3.8) is 0 Å². The monoisotopic (exact) mass is 542 g/mol. The SMILES string of the molecule is CCN1CCN(CCNC(=NC)NCC2CC(=O)N(CCc3ccccc3)C2)CC1.I. The molecule has 1 unspecified atom stereocenters. The second-order valence-corrected chi connectivity index (χ2v) is 8.30. The number of likely N-dealkylation sites (N-methyl/N-ethyl adjacent to an activating group) is 1. The molecule has 1 atom stereocenters. The summed E-state index contributed by atoms with van der Waals surface area (Å²) in [5.41, 5.74) is 1.28. The molecule has 31 heavy (non-hydrogen) atoms. The topological polar surface area (TPSA) is 63.2 Å². The Labute approximate surface area is 204 Å². The molecule has 174 valence electrons. The predicted octanol–water partition coefficient (Wildman–Crippen LogP) is 1.50. The lowest BCUT2D eigenvalue weighted by Crippen LogP contribution is -2.49. The van der Waals surface area contributed by atoms with Gasteiger partial charge in [-0.25, -0.2) is 0 Å². The van der Waals surface area contributed by atoms with Crippen LogP contribution in [0.15, 0.2) is 35.3 Å².